The molecule has 2 amide bonds. The van der Waals surface area contributed by atoms with Gasteiger partial charge >= 0.3 is 0 Å². The first-order valence-corrected chi connectivity index (χ1v) is 5.88. The molecule has 1 aliphatic rings. The molecule has 1 fully saturated rings. The molecule has 1 aromatic heterocycles. The summed E-state index contributed by atoms with van der Waals surface area (Å²) in [5.41, 5.74) is 4.69. The van der Waals surface area contributed by atoms with Crippen LogP contribution in [0.3, 0.4) is 0 Å². The van der Waals surface area contributed by atoms with Crippen LogP contribution >= 0.6 is 11.6 Å². The first-order valence-electron chi connectivity index (χ1n) is 5.50. The molecule has 6 nitrogen and oxygen atoms in total. The Hall–Kier alpha value is -1.66. The van der Waals surface area contributed by atoms with Gasteiger partial charge in [0.1, 0.15) is 11.8 Å². The number of nitrogens with zero attached hydrogens (tertiary/aromatic N) is 1. The SMILES string of the molecule is O=C(NNC(=O)C1CCCO1)c1cc(Cl)ccn1. The van der Waals surface area contributed by atoms with Gasteiger partial charge in [0.2, 0.25) is 0 Å². The summed E-state index contributed by atoms with van der Waals surface area (Å²) in [6.45, 7) is 0.571. The number of nitrogens with one attached hydrogen (secondary N) is 2. The number of rotatable bonds is 2. The van der Waals surface area contributed by atoms with Crippen LogP contribution in [0.1, 0.15) is 23.3 Å². The molecule has 1 unspecified atom stereocenters. The molecule has 0 aromatic carbocycles. The monoisotopic (exact) mass is 269 g/mol. The topological polar surface area (TPSA) is 80.3 Å². The first kappa shape index (κ1) is 12.8. The lowest BCUT2D eigenvalue weighted by Crippen LogP contribution is -2.46. The van der Waals surface area contributed by atoms with E-state index in [1.165, 1.54) is 12.3 Å². The fourth-order valence-electron chi connectivity index (χ4n) is 1.58. The van der Waals surface area contributed by atoms with Gasteiger partial charge in [0.15, 0.2) is 0 Å². The first-order chi connectivity index (χ1) is 8.66. The third-order valence-corrected chi connectivity index (χ3v) is 2.71. The Morgan fingerprint density at radius 3 is 2.94 bits per heavy atom. The number of pyridine rings is 1. The summed E-state index contributed by atoms with van der Waals surface area (Å²) in [7, 11) is 0. The maximum atomic E-state index is 11.6. The Bertz CT molecular complexity index is 461. The van der Waals surface area contributed by atoms with E-state index in [0.29, 0.717) is 18.1 Å². The molecule has 0 saturated carbocycles. The van der Waals surface area contributed by atoms with Crippen molar-refractivity contribution in [2.45, 2.75) is 18.9 Å². The quantitative estimate of drug-likeness (QED) is 0.774. The molecule has 2 rings (SSSR count). The standard InChI is InChI=1S/C11H12ClN3O3/c12-7-3-4-13-8(6-7)10(16)14-15-11(17)9-2-1-5-18-9/h3-4,6,9H,1-2,5H2,(H,14,16)(H,15,17). The van der Waals surface area contributed by atoms with Gasteiger partial charge in [-0.3, -0.25) is 25.4 Å². The van der Waals surface area contributed by atoms with E-state index in [4.69, 9.17) is 16.3 Å². The number of hydrazine groups is 1. The molecule has 1 aromatic rings. The molecule has 2 heterocycles. The van der Waals surface area contributed by atoms with Crippen molar-refractivity contribution >= 4 is 23.4 Å². The van der Waals surface area contributed by atoms with E-state index in [9.17, 15) is 9.59 Å². The minimum Gasteiger partial charge on any atom is -0.368 e. The molecule has 18 heavy (non-hydrogen) atoms. The molecule has 96 valence electrons. The zero-order chi connectivity index (χ0) is 13.0. The second kappa shape index (κ2) is 5.79. The summed E-state index contributed by atoms with van der Waals surface area (Å²) in [5.74, 6) is -0.883. The highest BCUT2D eigenvalue weighted by Crippen LogP contribution is 2.11. The number of halogens is 1. The van der Waals surface area contributed by atoms with Crippen molar-refractivity contribution in [3.05, 3.63) is 29.0 Å². The van der Waals surface area contributed by atoms with E-state index in [1.807, 2.05) is 0 Å². The second-order valence-electron chi connectivity index (χ2n) is 3.80. The largest absolute Gasteiger partial charge is 0.368 e. The third kappa shape index (κ3) is 3.18. The summed E-state index contributed by atoms with van der Waals surface area (Å²) >= 11 is 5.73. The van der Waals surface area contributed by atoms with Gasteiger partial charge in [-0.2, -0.15) is 0 Å². The molecule has 1 aliphatic heterocycles. The fourth-order valence-corrected chi connectivity index (χ4v) is 1.74. The van der Waals surface area contributed by atoms with Crippen LogP contribution < -0.4 is 10.9 Å². The lowest BCUT2D eigenvalue weighted by Gasteiger charge is -2.11. The van der Waals surface area contributed by atoms with Crippen LogP contribution in [0, 0.1) is 0 Å². The normalized spacial score (nSPS) is 18.4. The lowest BCUT2D eigenvalue weighted by atomic mass is 10.2. The fraction of sp³-hybridized carbons (Fsp3) is 0.364. The molecule has 0 aliphatic carbocycles. The third-order valence-electron chi connectivity index (χ3n) is 2.48. The average Bonchev–Trinajstić information content (AvgIpc) is 2.89. The molecule has 0 spiro atoms. The van der Waals surface area contributed by atoms with Gasteiger partial charge in [0.25, 0.3) is 11.8 Å². The van der Waals surface area contributed by atoms with Gasteiger partial charge in [0.05, 0.1) is 0 Å². The summed E-state index contributed by atoms with van der Waals surface area (Å²) in [4.78, 5) is 27.0. The average molecular weight is 270 g/mol. The Balaban J connectivity index is 1.86. The molecule has 1 atom stereocenters. The number of carbonyl (C=O) groups excluding carboxylic acids is 2. The van der Waals surface area contributed by atoms with Crippen molar-refractivity contribution in [2.24, 2.45) is 0 Å². The highest BCUT2D eigenvalue weighted by molar-refractivity contribution is 6.30. The van der Waals surface area contributed by atoms with Gasteiger partial charge in [-0.1, -0.05) is 11.6 Å². The van der Waals surface area contributed by atoms with Gasteiger partial charge in [-0.25, -0.2) is 0 Å². The highest BCUT2D eigenvalue weighted by Gasteiger charge is 2.23. The lowest BCUT2D eigenvalue weighted by molar-refractivity contribution is -0.130. The van der Waals surface area contributed by atoms with Crippen molar-refractivity contribution in [1.29, 1.82) is 0 Å². The van der Waals surface area contributed by atoms with Gasteiger partial charge in [0, 0.05) is 17.8 Å². The van der Waals surface area contributed by atoms with Crippen molar-refractivity contribution in [3.8, 4) is 0 Å². The van der Waals surface area contributed by atoms with Crippen LogP contribution in [0.5, 0.6) is 0 Å². The molecule has 0 radical (unpaired) electrons. The smallest absolute Gasteiger partial charge is 0.288 e. The summed E-state index contributed by atoms with van der Waals surface area (Å²) in [6, 6.07) is 2.97. The highest BCUT2D eigenvalue weighted by atomic mass is 35.5. The van der Waals surface area contributed by atoms with Crippen molar-refractivity contribution in [2.75, 3.05) is 6.61 Å². The summed E-state index contributed by atoms with van der Waals surface area (Å²) in [6.07, 6.45) is 2.44. The number of carbonyl (C=O) groups is 2. The number of amides is 2. The van der Waals surface area contributed by atoms with Crippen LogP contribution in [0.25, 0.3) is 0 Å². The zero-order valence-corrected chi connectivity index (χ0v) is 10.2. The van der Waals surface area contributed by atoms with Crippen LogP contribution in [-0.2, 0) is 9.53 Å². The predicted octanol–water partition coefficient (Wildman–Crippen LogP) is 0.675. The van der Waals surface area contributed by atoms with E-state index in [1.54, 1.807) is 6.07 Å². The van der Waals surface area contributed by atoms with Crippen LogP contribution in [0.15, 0.2) is 18.3 Å². The van der Waals surface area contributed by atoms with Crippen LogP contribution in [0.2, 0.25) is 5.02 Å². The molecule has 2 N–H and O–H groups in total. The van der Waals surface area contributed by atoms with E-state index >= 15 is 0 Å². The van der Waals surface area contributed by atoms with Crippen LogP contribution in [0.4, 0.5) is 0 Å². The van der Waals surface area contributed by atoms with E-state index in [2.05, 4.69) is 15.8 Å². The van der Waals surface area contributed by atoms with Crippen molar-refractivity contribution in [1.82, 2.24) is 15.8 Å². The number of hydrogen-bond donors (Lipinski definition) is 2. The van der Waals surface area contributed by atoms with Gasteiger partial charge in [-0.15, -0.1) is 0 Å². The number of hydrogen-bond acceptors (Lipinski definition) is 4. The van der Waals surface area contributed by atoms with Crippen molar-refractivity contribution < 1.29 is 14.3 Å². The summed E-state index contributed by atoms with van der Waals surface area (Å²) < 4.78 is 5.17. The second-order valence-corrected chi connectivity index (χ2v) is 4.24. The minimum absolute atomic E-state index is 0.134. The van der Waals surface area contributed by atoms with Gasteiger partial charge in [-0.05, 0) is 25.0 Å². The Morgan fingerprint density at radius 2 is 2.28 bits per heavy atom. The minimum atomic E-state index is -0.524. The number of ether oxygens (including phenoxy) is 1. The Labute approximate surface area is 109 Å². The molecular formula is C11H12ClN3O3. The Morgan fingerprint density at radius 1 is 1.44 bits per heavy atom. The van der Waals surface area contributed by atoms with Gasteiger partial charge < -0.3 is 4.74 Å². The molecular weight excluding hydrogens is 258 g/mol. The van der Waals surface area contributed by atoms with E-state index < -0.39 is 12.0 Å². The molecule has 1 saturated heterocycles. The van der Waals surface area contributed by atoms with E-state index in [0.717, 1.165) is 6.42 Å². The molecule has 0 bridgehead atoms. The van der Waals surface area contributed by atoms with Crippen molar-refractivity contribution in [3.63, 3.8) is 0 Å². The molecule has 7 heteroatoms. The van der Waals surface area contributed by atoms with E-state index in [-0.39, 0.29) is 11.6 Å². The summed E-state index contributed by atoms with van der Waals surface area (Å²) in [5, 5.41) is 0.403. The number of aromatic nitrogens is 1. The maximum Gasteiger partial charge on any atom is 0.288 e. The maximum absolute atomic E-state index is 11.6. The predicted molar refractivity (Wildman–Crippen MR) is 63.8 cm³/mol. The zero-order valence-electron chi connectivity index (χ0n) is 9.48. The van der Waals surface area contributed by atoms with Crippen LogP contribution in [-0.4, -0.2) is 29.5 Å². The Kier molecular flexibility index (Phi) is 4.11.